The van der Waals surface area contributed by atoms with Crippen LogP contribution in [0.5, 0.6) is 0 Å². The third kappa shape index (κ3) is 3.21. The topological polar surface area (TPSA) is 74.9 Å². The van der Waals surface area contributed by atoms with Crippen molar-refractivity contribution in [1.29, 1.82) is 0 Å². The Morgan fingerprint density at radius 3 is 2.85 bits per heavy atom. The van der Waals surface area contributed by atoms with Gasteiger partial charge in [-0.25, -0.2) is 4.98 Å². The van der Waals surface area contributed by atoms with E-state index in [1.807, 2.05) is 26.0 Å². The highest BCUT2D eigenvalue weighted by Gasteiger charge is 2.10. The van der Waals surface area contributed by atoms with Crippen LogP contribution in [0, 0.1) is 6.92 Å². The van der Waals surface area contributed by atoms with E-state index in [1.54, 1.807) is 11.1 Å². The van der Waals surface area contributed by atoms with E-state index in [2.05, 4.69) is 4.98 Å². The van der Waals surface area contributed by atoms with Gasteiger partial charge in [0, 0.05) is 18.8 Å². The van der Waals surface area contributed by atoms with Crippen LogP contribution in [0.2, 0.25) is 0 Å². The monoisotopic (exact) mass is 275 g/mol. The lowest BCUT2D eigenvalue weighted by Crippen LogP contribution is -2.30. The number of hydrogen-bond acceptors (Lipinski definition) is 4. The molecule has 2 heterocycles. The standard InChI is InChI=1S/C14H17N3O3/c1-3-16(9-14(19)20)8-11-7-13(18)17-5-4-10(2)6-12(17)15-11/h4-7H,3,8-9H2,1-2H3,(H,19,20). The lowest BCUT2D eigenvalue weighted by atomic mass is 10.3. The SMILES string of the molecule is CCN(CC(=O)O)Cc1cc(=O)n2ccc(C)cc2n1. The highest BCUT2D eigenvalue weighted by Crippen LogP contribution is 2.05. The van der Waals surface area contributed by atoms with Gasteiger partial charge in [-0.3, -0.25) is 18.9 Å². The Balaban J connectivity index is 2.35. The lowest BCUT2D eigenvalue weighted by molar-refractivity contribution is -0.138. The van der Waals surface area contributed by atoms with Gasteiger partial charge >= 0.3 is 5.97 Å². The van der Waals surface area contributed by atoms with Gasteiger partial charge in [0.2, 0.25) is 0 Å². The molecule has 0 aliphatic rings. The highest BCUT2D eigenvalue weighted by molar-refractivity contribution is 5.69. The second-order valence-corrected chi connectivity index (χ2v) is 4.72. The molecular weight excluding hydrogens is 258 g/mol. The van der Waals surface area contributed by atoms with Crippen molar-refractivity contribution in [3.05, 3.63) is 46.0 Å². The van der Waals surface area contributed by atoms with Crippen LogP contribution in [-0.2, 0) is 11.3 Å². The molecule has 0 fully saturated rings. The van der Waals surface area contributed by atoms with Gasteiger partial charge in [0.1, 0.15) is 5.65 Å². The molecule has 20 heavy (non-hydrogen) atoms. The molecule has 0 unspecified atom stereocenters. The molecule has 0 atom stereocenters. The molecule has 0 saturated carbocycles. The number of likely N-dealkylation sites (N-methyl/N-ethyl adjacent to an activating group) is 1. The zero-order valence-electron chi connectivity index (χ0n) is 11.5. The maximum Gasteiger partial charge on any atom is 0.317 e. The molecule has 0 radical (unpaired) electrons. The number of aliphatic carboxylic acids is 1. The van der Waals surface area contributed by atoms with Gasteiger partial charge in [0.05, 0.1) is 12.2 Å². The molecule has 2 aromatic heterocycles. The van der Waals surface area contributed by atoms with Gasteiger partial charge < -0.3 is 5.11 Å². The zero-order chi connectivity index (χ0) is 14.7. The summed E-state index contributed by atoms with van der Waals surface area (Å²) >= 11 is 0. The Morgan fingerprint density at radius 1 is 1.45 bits per heavy atom. The summed E-state index contributed by atoms with van der Waals surface area (Å²) in [5.74, 6) is -0.889. The number of nitrogens with zero attached hydrogens (tertiary/aromatic N) is 3. The molecule has 0 aliphatic heterocycles. The van der Waals surface area contributed by atoms with Gasteiger partial charge in [0.15, 0.2) is 0 Å². The molecular formula is C14H17N3O3. The Kier molecular flexibility index (Phi) is 4.14. The quantitative estimate of drug-likeness (QED) is 0.878. The maximum absolute atomic E-state index is 12.0. The van der Waals surface area contributed by atoms with Gasteiger partial charge in [0.25, 0.3) is 5.56 Å². The Morgan fingerprint density at radius 2 is 2.20 bits per heavy atom. The van der Waals surface area contributed by atoms with Crippen LogP contribution in [-0.4, -0.2) is 38.4 Å². The van der Waals surface area contributed by atoms with Crippen molar-refractivity contribution in [2.75, 3.05) is 13.1 Å². The van der Waals surface area contributed by atoms with Crippen LogP contribution in [0.4, 0.5) is 0 Å². The average Bonchev–Trinajstić information content (AvgIpc) is 2.36. The lowest BCUT2D eigenvalue weighted by Gasteiger charge is -2.17. The maximum atomic E-state index is 12.0. The first kappa shape index (κ1) is 14.2. The molecule has 6 heteroatoms. The van der Waals surface area contributed by atoms with E-state index in [-0.39, 0.29) is 12.1 Å². The zero-order valence-corrected chi connectivity index (χ0v) is 11.5. The summed E-state index contributed by atoms with van der Waals surface area (Å²) in [6.45, 7) is 4.68. The number of aryl methyl sites for hydroxylation is 1. The number of carbonyl (C=O) groups is 1. The first-order chi connectivity index (χ1) is 9.49. The largest absolute Gasteiger partial charge is 0.480 e. The minimum atomic E-state index is -0.889. The third-order valence-corrected chi connectivity index (χ3v) is 3.07. The van der Waals surface area contributed by atoms with E-state index < -0.39 is 5.97 Å². The van der Waals surface area contributed by atoms with E-state index in [0.717, 1.165) is 5.56 Å². The molecule has 1 N–H and O–H groups in total. The van der Waals surface area contributed by atoms with E-state index in [9.17, 15) is 9.59 Å². The van der Waals surface area contributed by atoms with Crippen LogP contribution in [0.1, 0.15) is 18.2 Å². The van der Waals surface area contributed by atoms with Gasteiger partial charge in [-0.2, -0.15) is 0 Å². The van der Waals surface area contributed by atoms with Gasteiger partial charge in [-0.1, -0.05) is 6.92 Å². The second kappa shape index (κ2) is 5.83. The van der Waals surface area contributed by atoms with E-state index >= 15 is 0 Å². The molecule has 106 valence electrons. The number of hydrogen-bond donors (Lipinski definition) is 1. The molecule has 2 aromatic rings. The summed E-state index contributed by atoms with van der Waals surface area (Å²) in [7, 11) is 0. The number of rotatable bonds is 5. The van der Waals surface area contributed by atoms with E-state index in [4.69, 9.17) is 5.11 Å². The molecule has 0 aliphatic carbocycles. The number of aromatic nitrogens is 2. The summed E-state index contributed by atoms with van der Waals surface area (Å²) in [4.78, 5) is 28.9. The Labute approximate surface area is 116 Å². The fourth-order valence-electron chi connectivity index (χ4n) is 2.03. The fourth-order valence-corrected chi connectivity index (χ4v) is 2.03. The van der Waals surface area contributed by atoms with Gasteiger partial charge in [-0.05, 0) is 31.2 Å². The summed E-state index contributed by atoms with van der Waals surface area (Å²) in [5, 5.41) is 8.83. The van der Waals surface area contributed by atoms with Crippen LogP contribution >= 0.6 is 0 Å². The van der Waals surface area contributed by atoms with Gasteiger partial charge in [-0.15, -0.1) is 0 Å². The first-order valence-corrected chi connectivity index (χ1v) is 6.42. The van der Waals surface area contributed by atoms with Crippen molar-refractivity contribution in [2.45, 2.75) is 20.4 Å². The summed E-state index contributed by atoms with van der Waals surface area (Å²) in [5.41, 5.74) is 2.03. The molecule has 0 spiro atoms. The molecule has 0 aromatic carbocycles. The number of pyridine rings is 1. The van der Waals surface area contributed by atoms with Crippen molar-refractivity contribution < 1.29 is 9.90 Å². The molecule has 2 rings (SSSR count). The predicted octanol–water partition coefficient (Wildman–Crippen LogP) is 0.909. The highest BCUT2D eigenvalue weighted by atomic mass is 16.4. The van der Waals surface area contributed by atoms with Crippen LogP contribution in [0.3, 0.4) is 0 Å². The molecule has 0 bridgehead atoms. The fraction of sp³-hybridized carbons (Fsp3) is 0.357. The number of carboxylic acids is 1. The summed E-state index contributed by atoms with van der Waals surface area (Å²) in [6.07, 6.45) is 1.69. The first-order valence-electron chi connectivity index (χ1n) is 6.42. The minimum Gasteiger partial charge on any atom is -0.480 e. The van der Waals surface area contributed by atoms with Crippen molar-refractivity contribution in [1.82, 2.24) is 14.3 Å². The number of fused-ring (bicyclic) bond motifs is 1. The van der Waals surface area contributed by atoms with E-state index in [0.29, 0.717) is 24.4 Å². The third-order valence-electron chi connectivity index (χ3n) is 3.07. The van der Waals surface area contributed by atoms with E-state index in [1.165, 1.54) is 10.5 Å². The second-order valence-electron chi connectivity index (χ2n) is 4.72. The van der Waals surface area contributed by atoms with Crippen molar-refractivity contribution in [3.8, 4) is 0 Å². The normalized spacial score (nSPS) is 11.2. The van der Waals surface area contributed by atoms with Crippen molar-refractivity contribution in [3.63, 3.8) is 0 Å². The molecule has 0 saturated heterocycles. The molecule has 0 amide bonds. The van der Waals surface area contributed by atoms with Crippen LogP contribution in [0.25, 0.3) is 5.65 Å². The average molecular weight is 275 g/mol. The predicted molar refractivity (Wildman–Crippen MR) is 74.8 cm³/mol. The summed E-state index contributed by atoms with van der Waals surface area (Å²) < 4.78 is 1.48. The van der Waals surface area contributed by atoms with Crippen LogP contribution < -0.4 is 5.56 Å². The molecule has 6 nitrogen and oxygen atoms in total. The summed E-state index contributed by atoms with van der Waals surface area (Å²) in [6, 6.07) is 5.13. The van der Waals surface area contributed by atoms with Crippen molar-refractivity contribution >= 4 is 11.6 Å². The van der Waals surface area contributed by atoms with Crippen LogP contribution in [0.15, 0.2) is 29.2 Å². The Hall–Kier alpha value is -2.21. The smallest absolute Gasteiger partial charge is 0.317 e. The number of carboxylic acid groups (broad SMARTS) is 1. The Bertz CT molecular complexity index is 694. The van der Waals surface area contributed by atoms with Crippen molar-refractivity contribution in [2.24, 2.45) is 0 Å². The minimum absolute atomic E-state index is 0.0641.